The van der Waals surface area contributed by atoms with Gasteiger partial charge in [0.05, 0.1) is 31.7 Å². The number of benzene rings is 3. The van der Waals surface area contributed by atoms with Gasteiger partial charge in [0.25, 0.3) is 0 Å². The third-order valence-electron chi connectivity index (χ3n) is 7.58. The molecule has 0 spiro atoms. The summed E-state index contributed by atoms with van der Waals surface area (Å²) in [6.07, 6.45) is 3.78. The Morgan fingerprint density at radius 2 is 1.50 bits per heavy atom. The number of fused-ring (bicyclic) bond motifs is 2. The largest absolute Gasteiger partial charge is 0.493 e. The fourth-order valence-corrected chi connectivity index (χ4v) is 5.49. The number of ether oxygens (including phenoxy) is 2. The van der Waals surface area contributed by atoms with Crippen LogP contribution in [0.25, 0.3) is 0 Å². The highest BCUT2D eigenvalue weighted by Gasteiger charge is 2.36. The van der Waals surface area contributed by atoms with Gasteiger partial charge >= 0.3 is 0 Å². The minimum atomic E-state index is -0.597. The van der Waals surface area contributed by atoms with Crippen molar-refractivity contribution >= 4 is 12.4 Å². The van der Waals surface area contributed by atoms with Gasteiger partial charge in [-0.05, 0) is 78.1 Å². The second-order valence-electron chi connectivity index (χ2n) is 9.70. The third kappa shape index (κ3) is 5.38. The van der Waals surface area contributed by atoms with Crippen molar-refractivity contribution in [2.75, 3.05) is 20.8 Å². The van der Waals surface area contributed by atoms with E-state index >= 15 is 0 Å². The molecule has 0 aliphatic heterocycles. The number of aryl methyl sites for hydroxylation is 2. The van der Waals surface area contributed by atoms with Gasteiger partial charge < -0.3 is 14.8 Å². The first-order valence-corrected chi connectivity index (χ1v) is 12.6. The molecular weight excluding hydrogens is 468 g/mol. The molecule has 5 heteroatoms. The van der Waals surface area contributed by atoms with E-state index < -0.39 is 5.41 Å². The Labute approximate surface area is 222 Å². The number of hydrogen-bond acceptors (Lipinski definition) is 4. The normalized spacial score (nSPS) is 14.4. The Balaban J connectivity index is 0.00000361. The van der Waals surface area contributed by atoms with E-state index in [0.717, 1.165) is 37.8 Å². The molecule has 0 heterocycles. The fraction of sp³-hybridized carbons (Fsp3) is 0.387. The van der Waals surface area contributed by atoms with Gasteiger partial charge in [-0.15, -0.1) is 12.4 Å². The topological polar surface area (TPSA) is 54.3 Å². The van der Waals surface area contributed by atoms with Crippen molar-refractivity contribution in [3.05, 3.63) is 94.5 Å². The van der Waals surface area contributed by atoms with Crippen LogP contribution in [0.2, 0.25) is 0 Å². The van der Waals surface area contributed by atoms with E-state index in [2.05, 4.69) is 73.8 Å². The monoisotopic (exact) mass is 504 g/mol. The lowest BCUT2D eigenvalue weighted by molar-refractivity contribution is 0.340. The van der Waals surface area contributed by atoms with Crippen LogP contribution in [0.5, 0.6) is 11.5 Å². The molecule has 190 valence electrons. The second kappa shape index (κ2) is 12.3. The number of rotatable bonds is 9. The molecule has 0 bridgehead atoms. The van der Waals surface area contributed by atoms with E-state index in [9.17, 15) is 5.26 Å². The SMILES string of the molecule is COc1ccc(C(C#N)(CCCNC2c3ccccc3CCc3ccccc32)C(C)C)cc1OC.Cl. The van der Waals surface area contributed by atoms with E-state index in [-0.39, 0.29) is 24.4 Å². The maximum Gasteiger partial charge on any atom is 0.161 e. The van der Waals surface area contributed by atoms with Crippen LogP contribution in [0.3, 0.4) is 0 Å². The average molecular weight is 505 g/mol. The van der Waals surface area contributed by atoms with Crippen molar-refractivity contribution < 1.29 is 9.47 Å². The summed E-state index contributed by atoms with van der Waals surface area (Å²) in [5.74, 6) is 1.50. The van der Waals surface area contributed by atoms with E-state index in [1.807, 2.05) is 18.2 Å². The smallest absolute Gasteiger partial charge is 0.161 e. The Bertz CT molecular complexity index is 1160. The van der Waals surface area contributed by atoms with Gasteiger partial charge in [0, 0.05) is 0 Å². The molecule has 1 aliphatic carbocycles. The summed E-state index contributed by atoms with van der Waals surface area (Å²) >= 11 is 0. The van der Waals surface area contributed by atoms with Crippen LogP contribution >= 0.6 is 12.4 Å². The number of halogens is 1. The van der Waals surface area contributed by atoms with Crippen molar-refractivity contribution in [1.82, 2.24) is 5.32 Å². The molecule has 3 aromatic carbocycles. The summed E-state index contributed by atoms with van der Waals surface area (Å²) < 4.78 is 10.9. The first-order chi connectivity index (χ1) is 17.0. The lowest BCUT2D eigenvalue weighted by Gasteiger charge is -2.32. The molecule has 1 aliphatic rings. The average Bonchev–Trinajstić information content (AvgIpc) is 3.05. The van der Waals surface area contributed by atoms with E-state index in [1.54, 1.807) is 14.2 Å². The third-order valence-corrected chi connectivity index (χ3v) is 7.58. The van der Waals surface area contributed by atoms with Gasteiger partial charge in [-0.1, -0.05) is 68.4 Å². The highest BCUT2D eigenvalue weighted by Crippen LogP contribution is 2.40. The summed E-state index contributed by atoms with van der Waals surface area (Å²) in [4.78, 5) is 0. The minimum Gasteiger partial charge on any atom is -0.493 e. The molecule has 0 aromatic heterocycles. The summed E-state index contributed by atoms with van der Waals surface area (Å²) in [7, 11) is 3.27. The summed E-state index contributed by atoms with van der Waals surface area (Å²) in [6.45, 7) is 5.09. The van der Waals surface area contributed by atoms with Crippen molar-refractivity contribution in [2.45, 2.75) is 51.0 Å². The number of methoxy groups -OCH3 is 2. The summed E-state index contributed by atoms with van der Waals surface area (Å²) in [5.41, 5.74) is 5.96. The Hall–Kier alpha value is -3.00. The Kier molecular flexibility index (Phi) is 9.43. The van der Waals surface area contributed by atoms with Crippen LogP contribution < -0.4 is 14.8 Å². The van der Waals surface area contributed by atoms with Gasteiger partial charge in [0.2, 0.25) is 0 Å². The van der Waals surface area contributed by atoms with Crippen molar-refractivity contribution in [3.63, 3.8) is 0 Å². The highest BCUT2D eigenvalue weighted by molar-refractivity contribution is 5.85. The first kappa shape index (κ1) is 27.6. The molecule has 0 amide bonds. The van der Waals surface area contributed by atoms with Crippen LogP contribution in [0, 0.1) is 17.2 Å². The molecule has 1 N–H and O–H groups in total. The maximum atomic E-state index is 10.4. The zero-order valence-corrected chi connectivity index (χ0v) is 22.5. The van der Waals surface area contributed by atoms with Crippen molar-refractivity contribution in [1.29, 1.82) is 5.26 Å². The number of hydrogen-bond donors (Lipinski definition) is 1. The maximum absolute atomic E-state index is 10.4. The molecule has 3 aromatic rings. The Morgan fingerprint density at radius 1 is 0.917 bits per heavy atom. The molecule has 4 rings (SSSR count). The quantitative estimate of drug-likeness (QED) is 0.325. The molecule has 0 fully saturated rings. The van der Waals surface area contributed by atoms with Crippen LogP contribution in [-0.4, -0.2) is 20.8 Å². The van der Waals surface area contributed by atoms with Gasteiger partial charge in [-0.3, -0.25) is 0 Å². The van der Waals surface area contributed by atoms with Gasteiger partial charge in [-0.25, -0.2) is 0 Å². The predicted molar refractivity (Wildman–Crippen MR) is 148 cm³/mol. The standard InChI is InChI=1S/C31H36N2O2.ClH/c1-22(2)31(21-32,25-16-17-28(34-3)29(20-25)35-4)18-9-19-33-30-26-12-7-5-10-23(26)14-15-24-11-6-8-13-27(24)30;/h5-8,10-13,16-17,20,22,30,33H,9,14-15,18-19H2,1-4H3;1H. The zero-order valence-electron chi connectivity index (χ0n) is 21.7. The molecule has 0 saturated carbocycles. The molecule has 1 unspecified atom stereocenters. The Morgan fingerprint density at radius 3 is 2.03 bits per heavy atom. The lowest BCUT2D eigenvalue weighted by Crippen LogP contribution is -2.32. The van der Waals surface area contributed by atoms with Gasteiger partial charge in [0.1, 0.15) is 0 Å². The highest BCUT2D eigenvalue weighted by atomic mass is 35.5. The fourth-order valence-electron chi connectivity index (χ4n) is 5.49. The summed E-state index contributed by atoms with van der Waals surface area (Å²) in [6, 6.07) is 26.3. The lowest BCUT2D eigenvalue weighted by atomic mass is 9.69. The second-order valence-corrected chi connectivity index (χ2v) is 9.70. The van der Waals surface area contributed by atoms with Gasteiger partial charge in [-0.2, -0.15) is 5.26 Å². The summed E-state index contributed by atoms with van der Waals surface area (Å²) in [5, 5.41) is 14.2. The van der Waals surface area contributed by atoms with Crippen LogP contribution in [-0.2, 0) is 18.3 Å². The number of nitriles is 1. The first-order valence-electron chi connectivity index (χ1n) is 12.6. The van der Waals surface area contributed by atoms with E-state index in [0.29, 0.717) is 11.5 Å². The van der Waals surface area contributed by atoms with E-state index in [1.165, 1.54) is 22.3 Å². The molecule has 1 atom stereocenters. The zero-order chi connectivity index (χ0) is 24.8. The molecular formula is C31H37ClN2O2. The molecule has 0 radical (unpaired) electrons. The predicted octanol–water partition coefficient (Wildman–Crippen LogP) is 6.80. The van der Waals surface area contributed by atoms with Crippen LogP contribution in [0.4, 0.5) is 0 Å². The molecule has 0 saturated heterocycles. The molecule has 4 nitrogen and oxygen atoms in total. The van der Waals surface area contributed by atoms with Gasteiger partial charge in [0.15, 0.2) is 11.5 Å². The minimum absolute atomic E-state index is 0. The van der Waals surface area contributed by atoms with Crippen LogP contribution in [0.15, 0.2) is 66.7 Å². The number of nitrogens with one attached hydrogen (secondary N) is 1. The van der Waals surface area contributed by atoms with E-state index in [4.69, 9.17) is 9.47 Å². The van der Waals surface area contributed by atoms with Crippen LogP contribution in [0.1, 0.15) is 60.5 Å². The molecule has 36 heavy (non-hydrogen) atoms. The number of nitrogens with zero attached hydrogens (tertiary/aromatic N) is 1. The van der Waals surface area contributed by atoms with Crippen molar-refractivity contribution in [3.8, 4) is 17.6 Å². The van der Waals surface area contributed by atoms with Crippen molar-refractivity contribution in [2.24, 2.45) is 5.92 Å².